The van der Waals surface area contributed by atoms with Crippen LogP contribution in [0.1, 0.15) is 83.1 Å². The molecule has 8 aromatic carbocycles. The van der Waals surface area contributed by atoms with Gasteiger partial charge in [0.05, 0.1) is 33.6 Å². The van der Waals surface area contributed by atoms with E-state index < -0.39 is 32.3 Å². The fourth-order valence-electron chi connectivity index (χ4n) is 11.2. The van der Waals surface area contributed by atoms with Gasteiger partial charge in [-0.2, -0.15) is 0 Å². The molecule has 10 nitrogen and oxygen atoms in total. The first-order chi connectivity index (χ1) is 38.0. The van der Waals surface area contributed by atoms with Crippen molar-refractivity contribution in [2.45, 2.75) is 117 Å². The molecule has 402 valence electrons. The molecule has 0 spiro atoms. The van der Waals surface area contributed by atoms with Gasteiger partial charge in [-0.05, 0) is 125 Å². The Bertz CT molecular complexity index is 4330. The zero-order valence-corrected chi connectivity index (χ0v) is 48.8. The standard InChI is InChI=1S/C30H25BO4.C24H13BrO2.C12H24B2O4/c1-29(2)30(3,4)35-31(34-29)23-17-16-21(28-26(23)22-11-6-8-15-25(22)33-28)20-13-9-12-19-18-10-5-7-14-24(18)32-27(19)20;25-19-13-12-17(24-22(19)18-7-2-4-11-21(18)27-24)16-9-5-8-15-14-6-1-3-10-20(14)26-23(15)16;1-9(2)10(3,4)16-13(15-9)14-17-11(5,6)12(7,8)18-14/h5-17H,1-4H3;1-13H;1-8H3. The molecule has 3 fully saturated rings. The number of hydrogen-bond donors (Lipinski definition) is 0. The SMILES string of the molecule is Brc1ccc(-c2cccc3c2oc2ccccc23)c2oc3ccccc3c12.CC1(C)OB(B2OC(C)(C)C(C)(C)O2)OC1(C)C.CC1(C)OB(c2ccc(-c3cccc4c3oc3ccccc34)c3oc4ccccc4c23)OC1(C)C. The van der Waals surface area contributed by atoms with Crippen molar-refractivity contribution in [3.63, 3.8) is 0 Å². The molecule has 0 aliphatic carbocycles. The van der Waals surface area contributed by atoms with Crippen molar-refractivity contribution >= 4 is 130 Å². The summed E-state index contributed by atoms with van der Waals surface area (Å²) in [6.07, 6.45) is 0. The third-order valence-corrected chi connectivity index (χ3v) is 18.4. The molecule has 15 rings (SSSR count). The smallest absolute Gasteiger partial charge is 0.455 e. The lowest BCUT2D eigenvalue weighted by molar-refractivity contribution is 0.00578. The minimum Gasteiger partial charge on any atom is -0.455 e. The Morgan fingerprint density at radius 1 is 0.287 bits per heavy atom. The van der Waals surface area contributed by atoms with Gasteiger partial charge in [0.2, 0.25) is 0 Å². The molecule has 3 aliphatic rings. The van der Waals surface area contributed by atoms with Crippen LogP contribution < -0.4 is 5.46 Å². The van der Waals surface area contributed by atoms with Crippen molar-refractivity contribution < 1.29 is 45.6 Å². The Morgan fingerprint density at radius 3 is 1.04 bits per heavy atom. The highest BCUT2D eigenvalue weighted by atomic mass is 79.9. The number of rotatable bonds is 4. The van der Waals surface area contributed by atoms with E-state index in [9.17, 15) is 0 Å². The fraction of sp³-hybridized carbons (Fsp3) is 0.273. The minimum atomic E-state index is -0.487. The van der Waals surface area contributed by atoms with Gasteiger partial charge in [-0.25, -0.2) is 0 Å². The largest absolute Gasteiger partial charge is 0.495 e. The topological polar surface area (TPSA) is 108 Å². The molecule has 0 radical (unpaired) electrons. The highest BCUT2D eigenvalue weighted by Gasteiger charge is 2.64. The second-order valence-corrected chi connectivity index (χ2v) is 25.2. The Balaban J connectivity index is 0.000000120. The maximum absolute atomic E-state index is 6.51. The Morgan fingerprint density at radius 2 is 0.600 bits per heavy atom. The van der Waals surface area contributed by atoms with Crippen molar-refractivity contribution in [1.82, 2.24) is 0 Å². The van der Waals surface area contributed by atoms with E-state index in [1.807, 2.05) is 128 Å². The summed E-state index contributed by atoms with van der Waals surface area (Å²) in [5.74, 6) is 0. The molecule has 0 bridgehead atoms. The van der Waals surface area contributed by atoms with Crippen molar-refractivity contribution in [3.8, 4) is 22.3 Å². The fourth-order valence-corrected chi connectivity index (χ4v) is 11.7. The van der Waals surface area contributed by atoms with Gasteiger partial charge in [0.15, 0.2) is 0 Å². The van der Waals surface area contributed by atoms with Gasteiger partial charge in [-0.1, -0.05) is 137 Å². The predicted molar refractivity (Wildman–Crippen MR) is 328 cm³/mol. The van der Waals surface area contributed by atoms with Crippen LogP contribution in [-0.2, 0) is 27.9 Å². The zero-order chi connectivity index (χ0) is 55.9. The van der Waals surface area contributed by atoms with E-state index >= 15 is 0 Å². The zero-order valence-electron chi connectivity index (χ0n) is 47.2. The van der Waals surface area contributed by atoms with Gasteiger partial charge in [0, 0.05) is 69.8 Å². The van der Waals surface area contributed by atoms with E-state index in [4.69, 9.17) is 45.6 Å². The first kappa shape index (κ1) is 52.7. The average molecular weight is 1130 g/mol. The second kappa shape index (κ2) is 18.7. The minimum absolute atomic E-state index is 0.360. The molecule has 0 amide bonds. The van der Waals surface area contributed by atoms with Gasteiger partial charge >= 0.3 is 21.1 Å². The Hall–Kier alpha value is -6.61. The van der Waals surface area contributed by atoms with E-state index in [1.54, 1.807) is 0 Å². The highest BCUT2D eigenvalue weighted by Crippen LogP contribution is 2.47. The quantitative estimate of drug-likeness (QED) is 0.158. The number of para-hydroxylation sites is 6. The summed E-state index contributed by atoms with van der Waals surface area (Å²) < 4.78 is 63.2. The summed E-state index contributed by atoms with van der Waals surface area (Å²) in [7, 11) is -1.44. The van der Waals surface area contributed by atoms with E-state index in [0.29, 0.717) is 0 Å². The van der Waals surface area contributed by atoms with Gasteiger partial charge in [0.1, 0.15) is 44.7 Å². The summed E-state index contributed by atoms with van der Waals surface area (Å²) in [4.78, 5) is 0. The number of fused-ring (bicyclic) bond motifs is 12. The summed E-state index contributed by atoms with van der Waals surface area (Å²) in [6.45, 7) is 24.5. The van der Waals surface area contributed by atoms with Crippen LogP contribution in [-0.4, -0.2) is 54.7 Å². The lowest BCUT2D eigenvalue weighted by atomic mass is 9.49. The van der Waals surface area contributed by atoms with Gasteiger partial charge in [-0.15, -0.1) is 0 Å². The summed E-state index contributed by atoms with van der Waals surface area (Å²) in [5.41, 5.74) is 9.69. The van der Waals surface area contributed by atoms with E-state index in [-0.39, 0.29) is 22.4 Å². The third-order valence-electron chi connectivity index (χ3n) is 17.7. The lowest BCUT2D eigenvalue weighted by Gasteiger charge is -2.32. The van der Waals surface area contributed by atoms with E-state index in [0.717, 1.165) is 120 Å². The van der Waals surface area contributed by atoms with Crippen LogP contribution in [0.2, 0.25) is 0 Å². The second-order valence-electron chi connectivity index (χ2n) is 24.3. The van der Waals surface area contributed by atoms with Crippen LogP contribution in [0.5, 0.6) is 0 Å². The molecule has 3 saturated heterocycles. The van der Waals surface area contributed by atoms with Crippen molar-refractivity contribution in [3.05, 3.63) is 162 Å². The number of benzene rings is 8. The van der Waals surface area contributed by atoms with Crippen LogP contribution in [0.15, 0.2) is 180 Å². The average Bonchev–Trinajstić information content (AvgIpc) is 4.37. The van der Waals surface area contributed by atoms with Gasteiger partial charge in [-0.3, -0.25) is 0 Å². The Labute approximate surface area is 474 Å². The van der Waals surface area contributed by atoms with E-state index in [2.05, 4.69) is 129 Å². The highest BCUT2D eigenvalue weighted by molar-refractivity contribution is 9.10. The molecule has 14 heteroatoms. The molecule has 3 aliphatic heterocycles. The number of hydrogen-bond acceptors (Lipinski definition) is 10. The molecule has 12 aromatic rings. The van der Waals surface area contributed by atoms with Gasteiger partial charge in [0.25, 0.3) is 0 Å². The van der Waals surface area contributed by atoms with Crippen molar-refractivity contribution in [1.29, 1.82) is 0 Å². The van der Waals surface area contributed by atoms with Gasteiger partial charge < -0.3 is 45.6 Å². The van der Waals surface area contributed by atoms with Crippen LogP contribution in [0.4, 0.5) is 0 Å². The third kappa shape index (κ3) is 8.47. The maximum atomic E-state index is 6.51. The predicted octanol–water partition coefficient (Wildman–Crippen LogP) is 17.6. The molecular weight excluding hydrogens is 1070 g/mol. The molecule has 0 saturated carbocycles. The number of furan rings is 4. The lowest BCUT2D eigenvalue weighted by Crippen LogP contribution is -2.41. The maximum Gasteiger partial charge on any atom is 0.495 e. The van der Waals surface area contributed by atoms with Crippen molar-refractivity contribution in [2.75, 3.05) is 0 Å². The van der Waals surface area contributed by atoms with Crippen molar-refractivity contribution in [2.24, 2.45) is 0 Å². The molecule has 7 heterocycles. The van der Waals surface area contributed by atoms with Crippen LogP contribution in [0.25, 0.3) is 110 Å². The normalized spacial score (nSPS) is 18.8. The van der Waals surface area contributed by atoms with E-state index in [1.165, 1.54) is 0 Å². The van der Waals surface area contributed by atoms with Crippen LogP contribution in [0, 0.1) is 0 Å². The summed E-state index contributed by atoms with van der Waals surface area (Å²) in [5, 5.41) is 8.73. The summed E-state index contributed by atoms with van der Waals surface area (Å²) in [6, 6.07) is 53.6. The molecular formula is C66H62B3BrO10. The molecule has 0 unspecified atom stereocenters. The molecule has 0 N–H and O–H groups in total. The molecule has 4 aromatic heterocycles. The first-order valence-electron chi connectivity index (χ1n) is 27.5. The van der Waals surface area contributed by atoms with Crippen LogP contribution >= 0.6 is 15.9 Å². The number of halogens is 1. The Kier molecular flexibility index (Phi) is 12.3. The monoisotopic (exact) mass is 1130 g/mol. The molecule has 80 heavy (non-hydrogen) atoms. The molecule has 0 atom stereocenters. The summed E-state index contributed by atoms with van der Waals surface area (Å²) >= 11 is 3.70. The first-order valence-corrected chi connectivity index (χ1v) is 28.2. The van der Waals surface area contributed by atoms with Crippen LogP contribution in [0.3, 0.4) is 0 Å².